The van der Waals surface area contributed by atoms with Crippen molar-refractivity contribution in [3.63, 3.8) is 0 Å². The minimum Gasteiger partial charge on any atom is -0.493 e. The smallest absolute Gasteiger partial charge is 0.261 e. The van der Waals surface area contributed by atoms with Gasteiger partial charge in [0.05, 0.1) is 37.0 Å². The molecule has 0 bridgehead atoms. The summed E-state index contributed by atoms with van der Waals surface area (Å²) < 4.78 is 10.9. The molecule has 0 saturated heterocycles. The maximum atomic E-state index is 13.3. The first-order valence-corrected chi connectivity index (χ1v) is 13.3. The molecule has 2 aliphatic heterocycles. The van der Waals surface area contributed by atoms with E-state index in [1.807, 2.05) is 18.2 Å². The fraction of sp³-hybridized carbons (Fsp3) is 0.400. The Morgan fingerprint density at radius 3 is 2.08 bits per heavy atom. The van der Waals surface area contributed by atoms with Crippen LogP contribution in [0.1, 0.15) is 64.8 Å². The quantitative estimate of drug-likeness (QED) is 0.260. The van der Waals surface area contributed by atoms with Crippen LogP contribution in [0.2, 0.25) is 0 Å². The van der Waals surface area contributed by atoms with Crippen LogP contribution in [0.15, 0.2) is 59.7 Å². The van der Waals surface area contributed by atoms with Gasteiger partial charge in [0.1, 0.15) is 0 Å². The Morgan fingerprint density at radius 1 is 0.789 bits per heavy atom. The number of hydrogen-bond acceptors (Lipinski definition) is 6. The Bertz CT molecular complexity index is 1270. The standard InChI is InChI=1S/C30H33N3O5/c1-37-25-16-15-20(19-26(25)38-2)27-21-11-5-6-12-22(21)30(36)33(31-27)18-10-4-3-9-17-32-28(34)23-13-7-8-14-24(23)29(32)35/h5-8,13-16,19,21-22H,3-4,9-12,17-18H2,1-2H3/t21-,22+/m0/s1. The normalized spacial score (nSPS) is 20.4. The van der Waals surface area contributed by atoms with Crippen LogP contribution in [0.5, 0.6) is 11.5 Å². The van der Waals surface area contributed by atoms with Gasteiger partial charge in [-0.05, 0) is 56.0 Å². The number of imide groups is 1. The maximum Gasteiger partial charge on any atom is 0.261 e. The van der Waals surface area contributed by atoms with Crippen LogP contribution in [0.3, 0.4) is 0 Å². The number of benzene rings is 2. The zero-order chi connectivity index (χ0) is 26.6. The van der Waals surface area contributed by atoms with Gasteiger partial charge in [-0.3, -0.25) is 19.3 Å². The molecule has 1 aliphatic carbocycles. The van der Waals surface area contributed by atoms with Crippen LogP contribution >= 0.6 is 0 Å². The topological polar surface area (TPSA) is 88.5 Å². The number of hydrazone groups is 1. The molecule has 0 radical (unpaired) electrons. The summed E-state index contributed by atoms with van der Waals surface area (Å²) in [6.07, 6.45) is 8.99. The lowest BCUT2D eigenvalue weighted by Crippen LogP contribution is -2.45. The minimum absolute atomic E-state index is 0.0431. The van der Waals surface area contributed by atoms with E-state index in [9.17, 15) is 14.4 Å². The third-order valence-electron chi connectivity index (χ3n) is 7.64. The van der Waals surface area contributed by atoms with Gasteiger partial charge in [-0.15, -0.1) is 0 Å². The third kappa shape index (κ3) is 4.83. The molecule has 2 aromatic rings. The molecule has 0 fully saturated rings. The number of carbonyl (C=O) groups excluding carboxylic acids is 3. The highest BCUT2D eigenvalue weighted by Crippen LogP contribution is 2.37. The number of allylic oxidation sites excluding steroid dienone is 2. The molecule has 0 aromatic heterocycles. The van der Waals surface area contributed by atoms with E-state index in [1.165, 1.54) is 4.90 Å². The predicted octanol–water partition coefficient (Wildman–Crippen LogP) is 4.69. The number of fused-ring (bicyclic) bond motifs is 2. The van der Waals surface area contributed by atoms with Crippen LogP contribution in [-0.2, 0) is 4.79 Å². The number of ether oxygens (including phenoxy) is 2. The Balaban J connectivity index is 1.19. The van der Waals surface area contributed by atoms with Crippen LogP contribution in [0.25, 0.3) is 0 Å². The molecule has 0 N–H and O–H groups in total. The lowest BCUT2D eigenvalue weighted by Gasteiger charge is -2.37. The van der Waals surface area contributed by atoms with Gasteiger partial charge in [0.2, 0.25) is 5.91 Å². The number of amides is 3. The van der Waals surface area contributed by atoms with E-state index in [0.717, 1.165) is 43.4 Å². The van der Waals surface area contributed by atoms with Gasteiger partial charge >= 0.3 is 0 Å². The second-order valence-electron chi connectivity index (χ2n) is 9.89. The molecule has 2 heterocycles. The van der Waals surface area contributed by atoms with E-state index in [0.29, 0.717) is 42.1 Å². The van der Waals surface area contributed by atoms with Gasteiger partial charge in [-0.1, -0.05) is 37.1 Å². The Hall–Kier alpha value is -3.94. The summed E-state index contributed by atoms with van der Waals surface area (Å²) in [5.74, 6) is 0.875. The lowest BCUT2D eigenvalue weighted by molar-refractivity contribution is -0.137. The van der Waals surface area contributed by atoms with Crippen molar-refractivity contribution in [2.45, 2.75) is 38.5 Å². The van der Waals surface area contributed by atoms with E-state index < -0.39 is 0 Å². The van der Waals surface area contributed by atoms with Crippen molar-refractivity contribution < 1.29 is 23.9 Å². The van der Waals surface area contributed by atoms with Crippen LogP contribution in [-0.4, -0.2) is 60.7 Å². The van der Waals surface area contributed by atoms with Gasteiger partial charge in [0, 0.05) is 24.6 Å². The first-order valence-electron chi connectivity index (χ1n) is 13.3. The highest BCUT2D eigenvalue weighted by atomic mass is 16.5. The molecule has 3 amide bonds. The average Bonchev–Trinajstić information content (AvgIpc) is 3.20. The van der Waals surface area contributed by atoms with E-state index in [4.69, 9.17) is 14.6 Å². The number of carbonyl (C=O) groups is 3. The molecule has 3 aliphatic rings. The Labute approximate surface area is 222 Å². The first kappa shape index (κ1) is 25.7. The predicted molar refractivity (Wildman–Crippen MR) is 143 cm³/mol. The molecule has 2 atom stereocenters. The Kier molecular flexibility index (Phi) is 7.58. The summed E-state index contributed by atoms with van der Waals surface area (Å²) in [5, 5.41) is 6.48. The number of nitrogens with zero attached hydrogens (tertiary/aromatic N) is 3. The monoisotopic (exact) mass is 515 g/mol. The van der Waals surface area contributed by atoms with E-state index in [-0.39, 0.29) is 29.6 Å². The minimum atomic E-state index is -0.211. The highest BCUT2D eigenvalue weighted by molar-refractivity contribution is 6.21. The van der Waals surface area contributed by atoms with Crippen molar-refractivity contribution in [1.29, 1.82) is 0 Å². The molecule has 0 spiro atoms. The molecule has 5 rings (SSSR count). The van der Waals surface area contributed by atoms with Gasteiger partial charge in [0.25, 0.3) is 11.8 Å². The SMILES string of the molecule is COc1ccc(C2=NN(CCCCCCN3C(=O)c4ccccc4C3=O)C(=O)[C@@H]3CC=CC[C@H]23)cc1OC. The van der Waals surface area contributed by atoms with Crippen LogP contribution in [0, 0.1) is 11.8 Å². The van der Waals surface area contributed by atoms with Gasteiger partial charge in [-0.2, -0.15) is 5.10 Å². The fourth-order valence-corrected chi connectivity index (χ4v) is 5.59. The van der Waals surface area contributed by atoms with Crippen molar-refractivity contribution in [2.75, 3.05) is 27.3 Å². The first-order chi connectivity index (χ1) is 18.5. The average molecular weight is 516 g/mol. The van der Waals surface area contributed by atoms with Crippen LogP contribution < -0.4 is 9.47 Å². The number of hydrogen-bond donors (Lipinski definition) is 0. The summed E-state index contributed by atoms with van der Waals surface area (Å²) in [6, 6.07) is 12.7. The third-order valence-corrected chi connectivity index (χ3v) is 7.64. The van der Waals surface area contributed by atoms with Gasteiger partial charge in [0.15, 0.2) is 11.5 Å². The maximum absolute atomic E-state index is 13.3. The molecular formula is C30H33N3O5. The van der Waals surface area contributed by atoms with Crippen molar-refractivity contribution in [3.8, 4) is 11.5 Å². The molecule has 8 heteroatoms. The molecule has 0 unspecified atom stereocenters. The summed E-state index contributed by atoms with van der Waals surface area (Å²) in [6.45, 7) is 0.947. The summed E-state index contributed by atoms with van der Waals surface area (Å²) in [5.41, 5.74) is 2.82. The van der Waals surface area contributed by atoms with Crippen LogP contribution in [0.4, 0.5) is 0 Å². The van der Waals surface area contributed by atoms with Gasteiger partial charge < -0.3 is 9.47 Å². The highest BCUT2D eigenvalue weighted by Gasteiger charge is 2.40. The van der Waals surface area contributed by atoms with Crippen molar-refractivity contribution in [3.05, 3.63) is 71.3 Å². The zero-order valence-electron chi connectivity index (χ0n) is 21.9. The van der Waals surface area contributed by atoms with Gasteiger partial charge in [-0.25, -0.2) is 5.01 Å². The zero-order valence-corrected chi connectivity index (χ0v) is 21.9. The number of rotatable bonds is 10. The second-order valence-corrected chi connectivity index (χ2v) is 9.89. The fourth-order valence-electron chi connectivity index (χ4n) is 5.59. The summed E-state index contributed by atoms with van der Waals surface area (Å²) >= 11 is 0. The van der Waals surface area contributed by atoms with Crippen molar-refractivity contribution in [2.24, 2.45) is 16.9 Å². The number of methoxy groups -OCH3 is 2. The molecule has 38 heavy (non-hydrogen) atoms. The Morgan fingerprint density at radius 2 is 1.42 bits per heavy atom. The van der Waals surface area contributed by atoms with E-state index >= 15 is 0 Å². The molecular weight excluding hydrogens is 482 g/mol. The second kappa shape index (κ2) is 11.2. The number of unbranched alkanes of at least 4 members (excludes halogenated alkanes) is 3. The molecule has 8 nitrogen and oxygen atoms in total. The molecule has 0 saturated carbocycles. The largest absolute Gasteiger partial charge is 0.493 e. The summed E-state index contributed by atoms with van der Waals surface area (Å²) in [4.78, 5) is 39.7. The van der Waals surface area contributed by atoms with E-state index in [1.54, 1.807) is 43.5 Å². The van der Waals surface area contributed by atoms with E-state index in [2.05, 4.69) is 12.2 Å². The molecule has 198 valence electrons. The van der Waals surface area contributed by atoms with Crippen molar-refractivity contribution >= 4 is 23.4 Å². The molecule has 2 aromatic carbocycles. The van der Waals surface area contributed by atoms with Crippen molar-refractivity contribution in [1.82, 2.24) is 9.91 Å². The summed E-state index contributed by atoms with van der Waals surface area (Å²) in [7, 11) is 3.22. The lowest BCUT2D eigenvalue weighted by atomic mass is 9.76.